The molecule has 0 aromatic heterocycles. The maximum atomic E-state index is 10.8. The van der Waals surface area contributed by atoms with Gasteiger partial charge in [-0.05, 0) is 18.6 Å². The molecule has 27 heavy (non-hydrogen) atoms. The number of benzene rings is 1. The topological polar surface area (TPSA) is 80.7 Å². The molecule has 0 heterocycles. The van der Waals surface area contributed by atoms with Gasteiger partial charge in [-0.2, -0.15) is 8.42 Å². The van der Waals surface area contributed by atoms with E-state index in [1.54, 1.807) is 18.2 Å². The Labute approximate surface area is 165 Å². The first-order chi connectivity index (χ1) is 12.9. The molecule has 1 rings (SSSR count). The molecule has 0 aliphatic carbocycles. The van der Waals surface area contributed by atoms with Crippen molar-refractivity contribution in [2.75, 3.05) is 7.11 Å². The van der Waals surface area contributed by atoms with E-state index < -0.39 is 10.1 Å². The lowest BCUT2D eigenvalue weighted by molar-refractivity contribution is -0.140. The van der Waals surface area contributed by atoms with Crippen LogP contribution in [0, 0.1) is 0 Å². The molecule has 0 atom stereocenters. The van der Waals surface area contributed by atoms with Gasteiger partial charge >= 0.3 is 5.97 Å². The molecule has 6 heteroatoms. The molecular formula is C21H36O5S. The zero-order chi connectivity index (χ0) is 20.4. The average Bonchev–Trinajstić information content (AvgIpc) is 2.66. The summed E-state index contributed by atoms with van der Waals surface area (Å²) in [6, 6.07) is 7.42. The number of ether oxygens (including phenoxy) is 1. The van der Waals surface area contributed by atoms with Crippen molar-refractivity contribution >= 4 is 16.1 Å². The lowest BCUT2D eigenvalue weighted by Crippen LogP contribution is -1.99. The van der Waals surface area contributed by atoms with Crippen molar-refractivity contribution in [3.8, 4) is 0 Å². The van der Waals surface area contributed by atoms with Crippen LogP contribution in [0.4, 0.5) is 0 Å². The van der Waals surface area contributed by atoms with Gasteiger partial charge in [-0.25, -0.2) is 0 Å². The van der Waals surface area contributed by atoms with E-state index in [2.05, 4.69) is 11.7 Å². The van der Waals surface area contributed by atoms with E-state index in [1.165, 1.54) is 83.5 Å². The van der Waals surface area contributed by atoms with Crippen molar-refractivity contribution < 1.29 is 22.5 Å². The maximum absolute atomic E-state index is 10.8. The SMILES string of the molecule is CCCCCCCCCCCCCC(=O)OC.O=S(=O)(O)c1ccccc1. The lowest BCUT2D eigenvalue weighted by atomic mass is 10.1. The highest BCUT2D eigenvalue weighted by atomic mass is 32.2. The molecular weight excluding hydrogens is 364 g/mol. The quantitative estimate of drug-likeness (QED) is 0.257. The minimum atomic E-state index is -4.00. The molecule has 0 saturated heterocycles. The van der Waals surface area contributed by atoms with E-state index in [9.17, 15) is 13.2 Å². The Morgan fingerprint density at radius 1 is 0.852 bits per heavy atom. The molecule has 5 nitrogen and oxygen atoms in total. The Morgan fingerprint density at radius 3 is 1.67 bits per heavy atom. The second-order valence-electron chi connectivity index (χ2n) is 6.65. The Bertz CT molecular complexity index is 569. The Balaban J connectivity index is 0.000000569. The maximum Gasteiger partial charge on any atom is 0.305 e. The van der Waals surface area contributed by atoms with Gasteiger partial charge in [0.25, 0.3) is 10.1 Å². The third kappa shape index (κ3) is 16.5. The van der Waals surface area contributed by atoms with Crippen molar-refractivity contribution in [2.45, 2.75) is 88.9 Å². The summed E-state index contributed by atoms with van der Waals surface area (Å²) in [4.78, 5) is 10.8. The largest absolute Gasteiger partial charge is 0.469 e. The highest BCUT2D eigenvalue weighted by Crippen LogP contribution is 2.12. The minimum absolute atomic E-state index is 0.0686. The summed E-state index contributed by atoms with van der Waals surface area (Å²) in [6.07, 6.45) is 15.1. The van der Waals surface area contributed by atoms with Gasteiger partial charge < -0.3 is 4.74 Å². The van der Waals surface area contributed by atoms with Crippen LogP contribution in [0.25, 0.3) is 0 Å². The molecule has 0 radical (unpaired) electrons. The highest BCUT2D eigenvalue weighted by molar-refractivity contribution is 7.85. The molecule has 0 unspecified atom stereocenters. The Hall–Kier alpha value is -1.40. The molecule has 156 valence electrons. The molecule has 0 amide bonds. The van der Waals surface area contributed by atoms with Crippen LogP contribution < -0.4 is 0 Å². The first-order valence-electron chi connectivity index (χ1n) is 10.0. The van der Waals surface area contributed by atoms with Crippen LogP contribution in [0.2, 0.25) is 0 Å². The lowest BCUT2D eigenvalue weighted by Gasteiger charge is -2.02. The number of methoxy groups -OCH3 is 1. The van der Waals surface area contributed by atoms with Crippen molar-refractivity contribution in [3.05, 3.63) is 30.3 Å². The van der Waals surface area contributed by atoms with Gasteiger partial charge in [0, 0.05) is 6.42 Å². The second-order valence-corrected chi connectivity index (χ2v) is 8.07. The van der Waals surface area contributed by atoms with E-state index in [0.29, 0.717) is 6.42 Å². The standard InChI is InChI=1S/C15H30O2.C6H6O3S/c1-3-4-5-6-7-8-9-10-11-12-13-14-15(16)17-2;7-10(8,9)6-4-2-1-3-5-6/h3-14H2,1-2H3;1-5H,(H,7,8,9). The van der Waals surface area contributed by atoms with Crippen LogP contribution in [-0.2, 0) is 19.6 Å². The normalized spacial score (nSPS) is 10.8. The third-order valence-corrected chi connectivity index (χ3v) is 5.12. The van der Waals surface area contributed by atoms with Gasteiger partial charge in [-0.1, -0.05) is 89.3 Å². The predicted octanol–water partition coefficient (Wildman–Crippen LogP) is 5.79. The first kappa shape index (κ1) is 25.6. The molecule has 0 fully saturated rings. The van der Waals surface area contributed by atoms with E-state index in [0.717, 1.165) is 6.42 Å². The molecule has 0 bridgehead atoms. The third-order valence-electron chi connectivity index (χ3n) is 4.25. The van der Waals surface area contributed by atoms with E-state index >= 15 is 0 Å². The minimum Gasteiger partial charge on any atom is -0.469 e. The van der Waals surface area contributed by atoms with Crippen LogP contribution >= 0.6 is 0 Å². The smallest absolute Gasteiger partial charge is 0.305 e. The fraction of sp³-hybridized carbons (Fsp3) is 0.667. The molecule has 0 saturated carbocycles. The summed E-state index contributed by atoms with van der Waals surface area (Å²) in [7, 11) is -2.54. The summed E-state index contributed by atoms with van der Waals surface area (Å²) < 4.78 is 33.8. The number of hydrogen-bond acceptors (Lipinski definition) is 4. The number of unbranched alkanes of at least 4 members (excludes halogenated alkanes) is 10. The zero-order valence-electron chi connectivity index (χ0n) is 16.9. The summed E-state index contributed by atoms with van der Waals surface area (Å²) in [5, 5.41) is 0. The Kier molecular flexibility index (Phi) is 15.9. The van der Waals surface area contributed by atoms with Gasteiger partial charge in [-0.3, -0.25) is 9.35 Å². The molecule has 0 aliphatic heterocycles. The van der Waals surface area contributed by atoms with Crippen molar-refractivity contribution in [3.63, 3.8) is 0 Å². The van der Waals surface area contributed by atoms with Gasteiger partial charge in [0.2, 0.25) is 0 Å². The monoisotopic (exact) mass is 400 g/mol. The summed E-state index contributed by atoms with van der Waals surface area (Å²) in [6.45, 7) is 2.26. The number of esters is 1. The zero-order valence-corrected chi connectivity index (χ0v) is 17.7. The fourth-order valence-corrected chi connectivity index (χ4v) is 3.13. The van der Waals surface area contributed by atoms with Crippen molar-refractivity contribution in [2.24, 2.45) is 0 Å². The van der Waals surface area contributed by atoms with Crippen molar-refractivity contribution in [1.82, 2.24) is 0 Å². The van der Waals surface area contributed by atoms with Gasteiger partial charge in [0.05, 0.1) is 12.0 Å². The Morgan fingerprint density at radius 2 is 1.30 bits per heavy atom. The average molecular weight is 401 g/mol. The van der Waals surface area contributed by atoms with E-state index in [4.69, 9.17) is 4.55 Å². The second kappa shape index (κ2) is 16.8. The number of carbonyl (C=O) groups excluding carboxylic acids is 1. The number of rotatable bonds is 13. The van der Waals surface area contributed by atoms with E-state index in [1.807, 2.05) is 0 Å². The molecule has 1 N–H and O–H groups in total. The molecule has 0 spiro atoms. The van der Waals surface area contributed by atoms with Crippen molar-refractivity contribution in [1.29, 1.82) is 0 Å². The molecule has 1 aromatic carbocycles. The predicted molar refractivity (Wildman–Crippen MR) is 109 cm³/mol. The molecule has 1 aromatic rings. The van der Waals surface area contributed by atoms with Crippen LogP contribution in [0.15, 0.2) is 35.2 Å². The van der Waals surface area contributed by atoms with Crippen LogP contribution in [0.3, 0.4) is 0 Å². The number of hydrogen-bond donors (Lipinski definition) is 1. The van der Waals surface area contributed by atoms with Gasteiger partial charge in [0.1, 0.15) is 0 Å². The van der Waals surface area contributed by atoms with Crippen LogP contribution in [0.5, 0.6) is 0 Å². The van der Waals surface area contributed by atoms with E-state index in [-0.39, 0.29) is 10.9 Å². The fourth-order valence-electron chi connectivity index (χ4n) is 2.63. The molecule has 0 aliphatic rings. The summed E-state index contributed by atoms with van der Waals surface area (Å²) in [5.41, 5.74) is 0. The summed E-state index contributed by atoms with van der Waals surface area (Å²) >= 11 is 0. The van der Waals surface area contributed by atoms with Gasteiger partial charge in [0.15, 0.2) is 0 Å². The summed E-state index contributed by atoms with van der Waals surface area (Å²) in [5.74, 6) is -0.0686. The highest BCUT2D eigenvalue weighted by Gasteiger charge is 2.05. The van der Waals surface area contributed by atoms with Crippen LogP contribution in [-0.4, -0.2) is 26.0 Å². The number of carbonyl (C=O) groups is 1. The first-order valence-corrected chi connectivity index (χ1v) is 11.4. The van der Waals surface area contributed by atoms with Gasteiger partial charge in [-0.15, -0.1) is 0 Å². The van der Waals surface area contributed by atoms with Crippen LogP contribution in [0.1, 0.15) is 84.0 Å².